The lowest BCUT2D eigenvalue weighted by molar-refractivity contribution is 0.485. The van der Waals surface area contributed by atoms with E-state index in [0.717, 1.165) is 24.6 Å². The Hall–Kier alpha value is -1.05. The Labute approximate surface area is 123 Å². The van der Waals surface area contributed by atoms with E-state index in [1.165, 1.54) is 0 Å². The highest BCUT2D eigenvalue weighted by Gasteiger charge is 2.21. The highest BCUT2D eigenvalue weighted by molar-refractivity contribution is 7.89. The van der Waals surface area contributed by atoms with Crippen molar-refractivity contribution < 1.29 is 8.42 Å². The number of fused-ring (bicyclic) bond motifs is 1. The second kappa shape index (κ2) is 6.15. The first kappa shape index (κ1) is 15.3. The summed E-state index contributed by atoms with van der Waals surface area (Å²) < 4.78 is 35.7. The van der Waals surface area contributed by atoms with Crippen LogP contribution in [0.3, 0.4) is 0 Å². The summed E-state index contributed by atoms with van der Waals surface area (Å²) in [6, 6.07) is 4.93. The summed E-state index contributed by atoms with van der Waals surface area (Å²) in [5.41, 5.74) is 1.06. The Bertz CT molecular complexity index is 680. The molecule has 1 atom stereocenters. The molecule has 0 saturated heterocycles. The lowest BCUT2D eigenvalue weighted by Crippen LogP contribution is -2.32. The van der Waals surface area contributed by atoms with Crippen molar-refractivity contribution in [1.82, 2.24) is 13.5 Å². The summed E-state index contributed by atoms with van der Waals surface area (Å²) in [7, 11) is -3.55. The third-order valence-corrected chi connectivity index (χ3v) is 5.24. The van der Waals surface area contributed by atoms with Gasteiger partial charge in [-0.1, -0.05) is 19.9 Å². The summed E-state index contributed by atoms with van der Waals surface area (Å²) in [6.45, 7) is 6.14. The number of nitrogens with one attached hydrogen (secondary N) is 1. The number of hydrogen-bond acceptors (Lipinski definition) is 5. The van der Waals surface area contributed by atoms with Gasteiger partial charge in [-0.15, -0.1) is 0 Å². The van der Waals surface area contributed by atoms with Gasteiger partial charge >= 0.3 is 0 Å². The van der Waals surface area contributed by atoms with Gasteiger partial charge in [0.15, 0.2) is 0 Å². The summed E-state index contributed by atoms with van der Waals surface area (Å²) in [6.07, 6.45) is 1.81. The maximum absolute atomic E-state index is 12.4. The molecule has 0 radical (unpaired) electrons. The summed E-state index contributed by atoms with van der Waals surface area (Å²) in [5, 5.41) is 0. The molecule has 0 saturated carbocycles. The first-order valence-electron chi connectivity index (χ1n) is 6.64. The molecule has 0 fully saturated rings. The van der Waals surface area contributed by atoms with Crippen LogP contribution in [-0.2, 0) is 10.0 Å². The zero-order valence-electron chi connectivity index (χ0n) is 11.8. The Morgan fingerprint density at radius 1 is 1.20 bits per heavy atom. The van der Waals surface area contributed by atoms with Crippen LogP contribution in [-0.4, -0.2) is 23.2 Å². The van der Waals surface area contributed by atoms with E-state index in [4.69, 9.17) is 0 Å². The molecule has 0 amide bonds. The molecule has 1 aromatic heterocycles. The fraction of sp³-hybridized carbons (Fsp3) is 0.538. The van der Waals surface area contributed by atoms with E-state index in [0.29, 0.717) is 17.0 Å². The van der Waals surface area contributed by atoms with Crippen molar-refractivity contribution in [3.63, 3.8) is 0 Å². The zero-order valence-corrected chi connectivity index (χ0v) is 13.5. The molecule has 7 heteroatoms. The van der Waals surface area contributed by atoms with Gasteiger partial charge in [-0.25, -0.2) is 13.1 Å². The molecule has 2 rings (SSSR count). The molecule has 0 spiro atoms. The average Bonchev–Trinajstić information content (AvgIpc) is 2.83. The van der Waals surface area contributed by atoms with Crippen molar-refractivity contribution in [3.05, 3.63) is 18.2 Å². The summed E-state index contributed by atoms with van der Waals surface area (Å²) >= 11 is 1.02. The third-order valence-electron chi connectivity index (χ3n) is 3.07. The van der Waals surface area contributed by atoms with Gasteiger partial charge in [0.2, 0.25) is 10.0 Å². The van der Waals surface area contributed by atoms with E-state index < -0.39 is 10.0 Å². The minimum atomic E-state index is -3.55. The second-order valence-corrected chi connectivity index (χ2v) is 7.59. The molecule has 0 aliphatic heterocycles. The minimum absolute atomic E-state index is 0.0933. The molecule has 1 aromatic carbocycles. The van der Waals surface area contributed by atoms with Gasteiger partial charge in [0, 0.05) is 6.04 Å². The summed E-state index contributed by atoms with van der Waals surface area (Å²) in [4.78, 5) is 0.208. The standard InChI is InChI=1S/C13H19N3O2S2/c1-9(2)7-8-10(3)16-20(17,18)12-6-4-5-11-13(12)15-19-14-11/h4-6,9-10,16H,7-8H2,1-3H3. The van der Waals surface area contributed by atoms with E-state index in [1.54, 1.807) is 18.2 Å². The molecule has 5 nitrogen and oxygen atoms in total. The molecule has 0 aliphatic carbocycles. The van der Waals surface area contributed by atoms with E-state index in [2.05, 4.69) is 27.3 Å². The van der Waals surface area contributed by atoms with Gasteiger partial charge in [0.1, 0.15) is 15.9 Å². The smallest absolute Gasteiger partial charge is 0.208 e. The maximum Gasteiger partial charge on any atom is 0.243 e. The van der Waals surface area contributed by atoms with Gasteiger partial charge < -0.3 is 0 Å². The van der Waals surface area contributed by atoms with E-state index in [-0.39, 0.29) is 10.9 Å². The Balaban J connectivity index is 2.20. The van der Waals surface area contributed by atoms with Crippen LogP contribution in [0.15, 0.2) is 23.1 Å². The lowest BCUT2D eigenvalue weighted by atomic mass is 10.1. The van der Waals surface area contributed by atoms with Crippen molar-refractivity contribution in [2.24, 2.45) is 5.92 Å². The van der Waals surface area contributed by atoms with Crippen LogP contribution in [0, 0.1) is 5.92 Å². The van der Waals surface area contributed by atoms with Crippen molar-refractivity contribution in [2.45, 2.75) is 44.6 Å². The van der Waals surface area contributed by atoms with Gasteiger partial charge in [0.05, 0.1) is 11.7 Å². The van der Waals surface area contributed by atoms with Crippen molar-refractivity contribution in [1.29, 1.82) is 0 Å². The third kappa shape index (κ3) is 3.53. The molecular formula is C13H19N3O2S2. The first-order chi connectivity index (χ1) is 9.40. The van der Waals surface area contributed by atoms with Crippen LogP contribution in [0.4, 0.5) is 0 Å². The highest BCUT2D eigenvalue weighted by Crippen LogP contribution is 2.21. The van der Waals surface area contributed by atoms with Gasteiger partial charge in [-0.3, -0.25) is 0 Å². The number of benzene rings is 1. The summed E-state index contributed by atoms with van der Waals surface area (Å²) in [5.74, 6) is 0.563. The van der Waals surface area contributed by atoms with E-state index >= 15 is 0 Å². The number of hydrogen-bond donors (Lipinski definition) is 1. The fourth-order valence-corrected chi connectivity index (χ4v) is 4.01. The fourth-order valence-electron chi connectivity index (χ4n) is 1.97. The van der Waals surface area contributed by atoms with Gasteiger partial charge in [-0.05, 0) is 37.8 Å². The number of aromatic nitrogens is 2. The first-order valence-corrected chi connectivity index (χ1v) is 8.85. The van der Waals surface area contributed by atoms with Crippen LogP contribution in [0.25, 0.3) is 11.0 Å². The molecule has 20 heavy (non-hydrogen) atoms. The zero-order chi connectivity index (χ0) is 14.8. The molecule has 0 aliphatic rings. The van der Waals surface area contributed by atoms with Crippen LogP contribution in [0.5, 0.6) is 0 Å². The van der Waals surface area contributed by atoms with Crippen LogP contribution in [0.1, 0.15) is 33.6 Å². The molecule has 0 bridgehead atoms. The van der Waals surface area contributed by atoms with E-state index in [9.17, 15) is 8.42 Å². The largest absolute Gasteiger partial charge is 0.243 e. The lowest BCUT2D eigenvalue weighted by Gasteiger charge is -2.15. The van der Waals surface area contributed by atoms with Crippen LogP contribution >= 0.6 is 11.7 Å². The predicted octanol–water partition coefficient (Wildman–Crippen LogP) is 2.79. The highest BCUT2D eigenvalue weighted by atomic mass is 32.2. The van der Waals surface area contributed by atoms with Crippen molar-refractivity contribution >= 4 is 32.8 Å². The molecule has 1 heterocycles. The topological polar surface area (TPSA) is 72.0 Å². The maximum atomic E-state index is 12.4. The molecule has 1 N–H and O–H groups in total. The Kier molecular flexibility index (Phi) is 4.72. The molecule has 110 valence electrons. The number of rotatable bonds is 6. The van der Waals surface area contributed by atoms with Gasteiger partial charge in [0.25, 0.3) is 0 Å². The van der Waals surface area contributed by atoms with Crippen molar-refractivity contribution in [3.8, 4) is 0 Å². The van der Waals surface area contributed by atoms with Crippen LogP contribution < -0.4 is 4.72 Å². The van der Waals surface area contributed by atoms with E-state index in [1.807, 2.05) is 6.92 Å². The van der Waals surface area contributed by atoms with Crippen molar-refractivity contribution in [2.75, 3.05) is 0 Å². The molecule has 2 aromatic rings. The number of sulfonamides is 1. The minimum Gasteiger partial charge on any atom is -0.208 e. The predicted molar refractivity (Wildman–Crippen MR) is 81.3 cm³/mol. The van der Waals surface area contributed by atoms with Gasteiger partial charge in [-0.2, -0.15) is 8.75 Å². The Morgan fingerprint density at radius 3 is 2.65 bits per heavy atom. The van der Waals surface area contributed by atoms with Crippen LogP contribution in [0.2, 0.25) is 0 Å². The molecule has 1 unspecified atom stereocenters. The molecular weight excluding hydrogens is 294 g/mol. The SMILES string of the molecule is CC(C)CCC(C)NS(=O)(=O)c1cccc2nsnc12. The average molecular weight is 313 g/mol. The number of nitrogens with zero attached hydrogens (tertiary/aromatic N) is 2. The monoisotopic (exact) mass is 313 g/mol. The Morgan fingerprint density at radius 2 is 1.95 bits per heavy atom. The second-order valence-electron chi connectivity index (χ2n) is 5.38. The normalized spacial score (nSPS) is 14.0. The quantitative estimate of drug-likeness (QED) is 0.890.